The minimum absolute atomic E-state index is 0.642. The Morgan fingerprint density at radius 1 is 0.455 bits per heavy atom. The first-order valence-corrected chi connectivity index (χ1v) is 18.6. The summed E-state index contributed by atoms with van der Waals surface area (Å²) in [5.74, 6) is 2.28. The van der Waals surface area contributed by atoms with Crippen molar-refractivity contribution in [3.8, 4) is 62.1 Å². The van der Waals surface area contributed by atoms with E-state index in [-0.39, 0.29) is 0 Å². The Labute approximate surface area is 316 Å². The van der Waals surface area contributed by atoms with Crippen molar-refractivity contribution in [1.29, 1.82) is 0 Å². The van der Waals surface area contributed by atoms with Gasteiger partial charge in [0.15, 0.2) is 0 Å². The van der Waals surface area contributed by atoms with Crippen LogP contribution in [0.15, 0.2) is 174 Å². The predicted molar refractivity (Wildman–Crippen MR) is 223 cm³/mol. The first kappa shape index (κ1) is 30.1. The lowest BCUT2D eigenvalue weighted by atomic mass is 9.99. The fraction of sp³-hybridized carbons (Fsp3) is 0.0200. The summed E-state index contributed by atoms with van der Waals surface area (Å²) >= 11 is 0. The average Bonchev–Trinajstić information content (AvgIpc) is 3.90. The molecule has 55 heavy (non-hydrogen) atoms. The molecule has 0 fully saturated rings. The van der Waals surface area contributed by atoms with E-state index < -0.39 is 0 Å². The van der Waals surface area contributed by atoms with Gasteiger partial charge in [0.05, 0.1) is 40.5 Å². The summed E-state index contributed by atoms with van der Waals surface area (Å²) in [6.45, 7) is 0. The van der Waals surface area contributed by atoms with Gasteiger partial charge in [-0.2, -0.15) is 0 Å². The Hall–Kier alpha value is -7.37. The Balaban J connectivity index is 1.18. The molecule has 1 aliphatic carbocycles. The van der Waals surface area contributed by atoms with Crippen LogP contribution < -0.4 is 4.57 Å². The number of hydrogen-bond acceptors (Lipinski definition) is 3. The van der Waals surface area contributed by atoms with E-state index in [1.807, 2.05) is 24.3 Å². The van der Waals surface area contributed by atoms with Crippen molar-refractivity contribution in [2.45, 2.75) is 0 Å². The van der Waals surface area contributed by atoms with Gasteiger partial charge in [-0.15, -0.1) is 0 Å². The smallest absolute Gasteiger partial charge is 0.309 e. The summed E-state index contributed by atoms with van der Waals surface area (Å²) in [4.78, 5) is 11.0. The van der Waals surface area contributed by atoms with E-state index in [1.165, 1.54) is 43.8 Å². The van der Waals surface area contributed by atoms with Crippen molar-refractivity contribution < 1.29 is 8.98 Å². The van der Waals surface area contributed by atoms with Crippen molar-refractivity contribution >= 4 is 54.5 Å². The van der Waals surface area contributed by atoms with Gasteiger partial charge in [0.25, 0.3) is 11.6 Å². The van der Waals surface area contributed by atoms with Gasteiger partial charge >= 0.3 is 5.82 Å². The Morgan fingerprint density at radius 2 is 1.04 bits per heavy atom. The number of furan rings is 1. The minimum atomic E-state index is 0.642. The highest BCUT2D eigenvalue weighted by Crippen LogP contribution is 2.48. The van der Waals surface area contributed by atoms with Crippen LogP contribution in [0.4, 0.5) is 0 Å². The maximum Gasteiger partial charge on any atom is 0.309 e. The number of nitrogens with zero attached hydrogens (tertiary/aromatic N) is 4. The Morgan fingerprint density at radius 3 is 1.84 bits per heavy atom. The van der Waals surface area contributed by atoms with Crippen LogP contribution in [0.3, 0.4) is 0 Å². The van der Waals surface area contributed by atoms with E-state index >= 15 is 0 Å². The summed E-state index contributed by atoms with van der Waals surface area (Å²) in [5.41, 5.74) is 13.0. The molecule has 11 aromatic rings. The molecular weight excluding hydrogens is 673 g/mol. The van der Waals surface area contributed by atoms with Gasteiger partial charge < -0.3 is 8.98 Å². The summed E-state index contributed by atoms with van der Waals surface area (Å²) < 4.78 is 10.9. The van der Waals surface area contributed by atoms with Gasteiger partial charge in [0, 0.05) is 21.5 Å². The van der Waals surface area contributed by atoms with Crippen LogP contribution in [0.2, 0.25) is 0 Å². The lowest BCUT2D eigenvalue weighted by Gasteiger charge is -2.14. The van der Waals surface area contributed by atoms with Gasteiger partial charge in [0.1, 0.15) is 11.2 Å². The third-order valence-corrected chi connectivity index (χ3v) is 11.4. The molecule has 1 aliphatic rings. The van der Waals surface area contributed by atoms with Crippen molar-refractivity contribution in [1.82, 2.24) is 14.5 Å². The Bertz CT molecular complexity index is 3350. The zero-order valence-corrected chi connectivity index (χ0v) is 29.9. The van der Waals surface area contributed by atoms with Gasteiger partial charge in [0.2, 0.25) is 0 Å². The zero-order chi connectivity index (χ0) is 36.2. The summed E-state index contributed by atoms with van der Waals surface area (Å²) in [6, 6.07) is 60.2. The minimum Gasteiger partial charge on any atom is -0.456 e. The largest absolute Gasteiger partial charge is 0.456 e. The van der Waals surface area contributed by atoms with Gasteiger partial charge in [-0.3, -0.25) is 0 Å². The number of hydrogen-bond donors (Lipinski definition) is 0. The lowest BCUT2D eigenvalue weighted by molar-refractivity contribution is -0.654. The quantitative estimate of drug-likeness (QED) is 0.171. The molecule has 0 bridgehead atoms. The number of para-hydroxylation sites is 4. The van der Waals surface area contributed by atoms with Gasteiger partial charge in [-0.05, 0) is 87.6 Å². The molecule has 5 heteroatoms. The number of rotatable bonds is 4. The van der Waals surface area contributed by atoms with E-state index in [2.05, 4.69) is 162 Å². The molecule has 12 rings (SSSR count). The zero-order valence-electron chi connectivity index (χ0n) is 29.9. The van der Waals surface area contributed by atoms with Crippen LogP contribution >= 0.6 is 0 Å². The fourth-order valence-electron chi connectivity index (χ4n) is 9.04. The second-order valence-electron chi connectivity index (χ2n) is 14.4. The molecule has 0 unspecified atom stereocenters. The molecular formula is C50H31N4O+. The SMILES string of the molecule is C[n+]1c(-c2cc3c4c(cccc4c2)-c2ccccc2-3)nc(-c2cccc3oc4ccccc4c23)nc1-c1ccccc1-n1c2ccccc2c2ccccc21. The third kappa shape index (κ3) is 4.26. The van der Waals surface area contributed by atoms with E-state index in [9.17, 15) is 0 Å². The van der Waals surface area contributed by atoms with Crippen molar-refractivity contribution in [2.75, 3.05) is 0 Å². The fourth-order valence-corrected chi connectivity index (χ4v) is 9.04. The van der Waals surface area contributed by atoms with E-state index in [0.29, 0.717) is 5.82 Å². The van der Waals surface area contributed by atoms with Crippen molar-refractivity contribution in [2.24, 2.45) is 7.05 Å². The van der Waals surface area contributed by atoms with Crippen LogP contribution in [-0.2, 0) is 7.05 Å². The number of aromatic nitrogens is 4. The first-order chi connectivity index (χ1) is 27.2. The highest BCUT2D eigenvalue weighted by Gasteiger charge is 2.30. The second-order valence-corrected chi connectivity index (χ2v) is 14.4. The van der Waals surface area contributed by atoms with E-state index in [1.54, 1.807) is 0 Å². The van der Waals surface area contributed by atoms with Crippen LogP contribution in [0.5, 0.6) is 0 Å². The number of fused-ring (bicyclic) bond motifs is 9. The second kappa shape index (κ2) is 11.3. The normalized spacial score (nSPS) is 12.1. The number of benzene rings is 8. The highest BCUT2D eigenvalue weighted by atomic mass is 16.3. The first-order valence-electron chi connectivity index (χ1n) is 18.6. The van der Waals surface area contributed by atoms with Crippen molar-refractivity contribution in [3.63, 3.8) is 0 Å². The highest BCUT2D eigenvalue weighted by molar-refractivity contribution is 6.16. The lowest BCUT2D eigenvalue weighted by Crippen LogP contribution is -2.37. The van der Waals surface area contributed by atoms with Crippen LogP contribution in [0.25, 0.3) is 117 Å². The molecule has 0 aliphatic heterocycles. The molecule has 0 N–H and O–H groups in total. The predicted octanol–water partition coefficient (Wildman–Crippen LogP) is 12.1. The molecule has 256 valence electrons. The molecule has 8 aromatic carbocycles. The monoisotopic (exact) mass is 703 g/mol. The topological polar surface area (TPSA) is 47.7 Å². The van der Waals surface area contributed by atoms with Crippen LogP contribution in [0.1, 0.15) is 0 Å². The molecule has 0 saturated heterocycles. The van der Waals surface area contributed by atoms with Gasteiger partial charge in [-0.25, -0.2) is 4.57 Å². The molecule has 0 spiro atoms. The molecule has 5 nitrogen and oxygen atoms in total. The molecule has 0 saturated carbocycles. The van der Waals surface area contributed by atoms with Crippen molar-refractivity contribution in [3.05, 3.63) is 170 Å². The standard InChI is InChI=1S/C50H31N4O/c1-53-49(31-28-30-14-12-21-36-32-15-2-3-16-33(32)40(29-31)46(30)36)51-48(39-22-13-27-45-47(39)38-20-7-11-26-44(38)55-45)52-50(53)37-19-6-10-25-43(37)54-41-23-8-4-17-34(41)35-18-5-9-24-42(35)54/h2-29H,1H3/q+1. The maximum atomic E-state index is 6.37. The average molecular weight is 704 g/mol. The van der Waals surface area contributed by atoms with Crippen LogP contribution in [0, 0.1) is 0 Å². The summed E-state index contributed by atoms with van der Waals surface area (Å²) in [5, 5.41) is 6.96. The molecule has 0 amide bonds. The van der Waals surface area contributed by atoms with Gasteiger partial charge in [-0.1, -0.05) is 125 Å². The molecule has 0 atom stereocenters. The third-order valence-electron chi connectivity index (χ3n) is 11.4. The molecule has 3 aromatic heterocycles. The summed E-state index contributed by atoms with van der Waals surface area (Å²) in [6.07, 6.45) is 0. The Kier molecular flexibility index (Phi) is 6.20. The maximum absolute atomic E-state index is 6.37. The molecule has 3 heterocycles. The van der Waals surface area contributed by atoms with E-state index in [4.69, 9.17) is 14.4 Å². The van der Waals surface area contributed by atoms with E-state index in [0.717, 1.165) is 67.0 Å². The van der Waals surface area contributed by atoms with Crippen LogP contribution in [-0.4, -0.2) is 14.5 Å². The summed E-state index contributed by atoms with van der Waals surface area (Å²) in [7, 11) is 2.10. The molecule has 0 radical (unpaired) electrons.